The lowest BCUT2D eigenvalue weighted by Crippen LogP contribution is -2.19. The van der Waals surface area contributed by atoms with Gasteiger partial charge in [-0.1, -0.05) is 0 Å². The lowest BCUT2D eigenvalue weighted by Gasteiger charge is -2.11. The van der Waals surface area contributed by atoms with Crippen molar-refractivity contribution in [2.75, 3.05) is 0 Å². The first-order valence-electron chi connectivity index (χ1n) is 6.78. The third-order valence-corrected chi connectivity index (χ3v) is 4.40. The Labute approximate surface area is 122 Å². The average Bonchev–Trinajstić information content (AvgIpc) is 3.02. The van der Waals surface area contributed by atoms with Gasteiger partial charge in [-0.2, -0.15) is 0 Å². The number of rotatable bonds is 4. The number of furan rings is 1. The van der Waals surface area contributed by atoms with Crippen LogP contribution in [0, 0.1) is 20.8 Å². The molecule has 0 aromatic carbocycles. The van der Waals surface area contributed by atoms with Crippen LogP contribution in [-0.2, 0) is 6.54 Å². The SMILES string of the molecule is Cc1ccc(C(C)NCc2c(C)nc3sc(C)cn23)o1. The van der Waals surface area contributed by atoms with Crippen LogP contribution in [0.25, 0.3) is 4.96 Å². The Bertz CT molecular complexity index is 738. The van der Waals surface area contributed by atoms with Gasteiger partial charge in [-0.05, 0) is 39.8 Å². The molecule has 0 saturated carbocycles. The molecule has 0 amide bonds. The summed E-state index contributed by atoms with van der Waals surface area (Å²) in [6.45, 7) is 9.04. The van der Waals surface area contributed by atoms with E-state index in [0.717, 1.165) is 28.7 Å². The lowest BCUT2D eigenvalue weighted by molar-refractivity contribution is 0.414. The molecule has 3 aromatic heterocycles. The largest absolute Gasteiger partial charge is 0.465 e. The highest BCUT2D eigenvalue weighted by atomic mass is 32.1. The maximum atomic E-state index is 5.65. The third-order valence-electron chi connectivity index (χ3n) is 3.50. The molecule has 0 bridgehead atoms. The van der Waals surface area contributed by atoms with Crippen molar-refractivity contribution >= 4 is 16.3 Å². The second-order valence-corrected chi connectivity index (χ2v) is 6.40. The fraction of sp³-hybridized carbons (Fsp3) is 0.400. The van der Waals surface area contributed by atoms with Crippen LogP contribution in [-0.4, -0.2) is 9.38 Å². The van der Waals surface area contributed by atoms with Crippen LogP contribution in [0.1, 0.15) is 40.8 Å². The van der Waals surface area contributed by atoms with E-state index in [9.17, 15) is 0 Å². The first kappa shape index (κ1) is 13.4. The van der Waals surface area contributed by atoms with Crippen molar-refractivity contribution < 1.29 is 4.42 Å². The molecule has 20 heavy (non-hydrogen) atoms. The molecular weight excluding hydrogens is 270 g/mol. The molecule has 106 valence electrons. The van der Waals surface area contributed by atoms with Crippen LogP contribution in [0.3, 0.4) is 0 Å². The summed E-state index contributed by atoms with van der Waals surface area (Å²) in [7, 11) is 0. The van der Waals surface area contributed by atoms with E-state index in [1.54, 1.807) is 11.3 Å². The first-order valence-corrected chi connectivity index (χ1v) is 7.60. The number of hydrogen-bond acceptors (Lipinski definition) is 4. The number of fused-ring (bicyclic) bond motifs is 1. The summed E-state index contributed by atoms with van der Waals surface area (Å²) in [6.07, 6.45) is 2.15. The molecule has 1 unspecified atom stereocenters. The molecule has 0 saturated heterocycles. The fourth-order valence-corrected chi connectivity index (χ4v) is 3.25. The van der Waals surface area contributed by atoms with Gasteiger partial charge in [0, 0.05) is 17.6 Å². The van der Waals surface area contributed by atoms with E-state index < -0.39 is 0 Å². The molecule has 4 nitrogen and oxygen atoms in total. The van der Waals surface area contributed by atoms with Gasteiger partial charge in [0.15, 0.2) is 4.96 Å². The zero-order chi connectivity index (χ0) is 14.3. The minimum absolute atomic E-state index is 0.188. The molecule has 1 atom stereocenters. The third kappa shape index (κ3) is 2.39. The monoisotopic (exact) mass is 289 g/mol. The van der Waals surface area contributed by atoms with Crippen molar-refractivity contribution in [2.24, 2.45) is 0 Å². The molecule has 0 aliphatic carbocycles. The lowest BCUT2D eigenvalue weighted by atomic mass is 10.2. The Kier molecular flexibility index (Phi) is 3.40. The quantitative estimate of drug-likeness (QED) is 0.795. The molecule has 0 aliphatic rings. The van der Waals surface area contributed by atoms with Crippen LogP contribution in [0.15, 0.2) is 22.7 Å². The van der Waals surface area contributed by atoms with E-state index in [-0.39, 0.29) is 6.04 Å². The van der Waals surface area contributed by atoms with Crippen LogP contribution in [0.4, 0.5) is 0 Å². The molecule has 0 aliphatic heterocycles. The smallest absolute Gasteiger partial charge is 0.194 e. The predicted octanol–water partition coefficient (Wildman–Crippen LogP) is 3.76. The van der Waals surface area contributed by atoms with E-state index in [1.807, 2.05) is 19.1 Å². The standard InChI is InChI=1S/C15H19N3OS/c1-9-5-6-14(19-9)12(4)16-7-13-11(3)17-15-18(13)8-10(2)20-15/h5-6,8,12,16H,7H2,1-4H3. The van der Waals surface area contributed by atoms with Gasteiger partial charge in [0.05, 0.1) is 17.4 Å². The summed E-state index contributed by atoms with van der Waals surface area (Å²) in [5, 5.41) is 3.51. The minimum atomic E-state index is 0.188. The van der Waals surface area contributed by atoms with Gasteiger partial charge >= 0.3 is 0 Å². The van der Waals surface area contributed by atoms with Gasteiger partial charge < -0.3 is 9.73 Å². The molecule has 0 spiro atoms. The average molecular weight is 289 g/mol. The van der Waals surface area contributed by atoms with Gasteiger partial charge in [-0.15, -0.1) is 11.3 Å². The van der Waals surface area contributed by atoms with Crippen molar-refractivity contribution in [3.05, 3.63) is 46.1 Å². The van der Waals surface area contributed by atoms with Gasteiger partial charge in [0.25, 0.3) is 0 Å². The summed E-state index contributed by atoms with van der Waals surface area (Å²) in [5.74, 6) is 1.92. The van der Waals surface area contributed by atoms with E-state index in [2.05, 4.69) is 41.7 Å². The summed E-state index contributed by atoms with van der Waals surface area (Å²) >= 11 is 1.73. The molecule has 3 rings (SSSR count). The minimum Gasteiger partial charge on any atom is -0.465 e. The Hall–Kier alpha value is -1.59. The van der Waals surface area contributed by atoms with Crippen molar-refractivity contribution in [1.82, 2.24) is 14.7 Å². The van der Waals surface area contributed by atoms with Gasteiger partial charge in [0.1, 0.15) is 11.5 Å². The molecule has 1 N–H and O–H groups in total. The molecule has 3 aromatic rings. The second-order valence-electron chi connectivity index (χ2n) is 5.19. The van der Waals surface area contributed by atoms with Crippen LogP contribution < -0.4 is 5.32 Å². The topological polar surface area (TPSA) is 42.5 Å². The van der Waals surface area contributed by atoms with Crippen LogP contribution in [0.2, 0.25) is 0 Å². The number of imidazole rings is 1. The van der Waals surface area contributed by atoms with E-state index in [0.29, 0.717) is 0 Å². The van der Waals surface area contributed by atoms with Crippen molar-refractivity contribution in [3.63, 3.8) is 0 Å². The molecule has 5 heteroatoms. The van der Waals surface area contributed by atoms with Crippen molar-refractivity contribution in [1.29, 1.82) is 0 Å². The van der Waals surface area contributed by atoms with Crippen LogP contribution >= 0.6 is 11.3 Å². The summed E-state index contributed by atoms with van der Waals surface area (Å²) in [6, 6.07) is 4.21. The molecular formula is C15H19N3OS. The van der Waals surface area contributed by atoms with E-state index in [1.165, 1.54) is 10.6 Å². The number of thiazole rings is 1. The maximum absolute atomic E-state index is 5.65. The number of aromatic nitrogens is 2. The molecule has 0 fully saturated rings. The summed E-state index contributed by atoms with van der Waals surface area (Å²) in [5.41, 5.74) is 2.31. The van der Waals surface area contributed by atoms with Crippen molar-refractivity contribution in [2.45, 2.75) is 40.3 Å². The fourth-order valence-electron chi connectivity index (χ4n) is 2.36. The number of hydrogen-bond donors (Lipinski definition) is 1. The van der Waals surface area contributed by atoms with Gasteiger partial charge in [-0.25, -0.2) is 4.98 Å². The van der Waals surface area contributed by atoms with Crippen molar-refractivity contribution in [3.8, 4) is 0 Å². The normalized spacial score (nSPS) is 13.2. The highest BCUT2D eigenvalue weighted by Crippen LogP contribution is 2.22. The summed E-state index contributed by atoms with van der Waals surface area (Å²) in [4.78, 5) is 6.96. The van der Waals surface area contributed by atoms with Gasteiger partial charge in [-0.3, -0.25) is 4.40 Å². The van der Waals surface area contributed by atoms with E-state index >= 15 is 0 Å². The van der Waals surface area contributed by atoms with E-state index in [4.69, 9.17) is 4.42 Å². The first-order chi connectivity index (χ1) is 9.54. The van der Waals surface area contributed by atoms with Crippen LogP contribution in [0.5, 0.6) is 0 Å². The molecule has 0 radical (unpaired) electrons. The Morgan fingerprint density at radius 3 is 2.85 bits per heavy atom. The van der Waals surface area contributed by atoms with Gasteiger partial charge in [0.2, 0.25) is 0 Å². The highest BCUT2D eigenvalue weighted by Gasteiger charge is 2.14. The highest BCUT2D eigenvalue weighted by molar-refractivity contribution is 7.17. The number of aryl methyl sites for hydroxylation is 3. The maximum Gasteiger partial charge on any atom is 0.194 e. The zero-order valence-electron chi connectivity index (χ0n) is 12.2. The Balaban J connectivity index is 1.78. The summed E-state index contributed by atoms with van der Waals surface area (Å²) < 4.78 is 7.84. The number of nitrogens with zero attached hydrogens (tertiary/aromatic N) is 2. The molecule has 3 heterocycles. The zero-order valence-corrected chi connectivity index (χ0v) is 13.0. The number of nitrogens with one attached hydrogen (secondary N) is 1. The second kappa shape index (κ2) is 5.07. The Morgan fingerprint density at radius 1 is 1.35 bits per heavy atom. The predicted molar refractivity (Wildman–Crippen MR) is 81.2 cm³/mol. The Morgan fingerprint density at radius 2 is 2.15 bits per heavy atom.